The van der Waals surface area contributed by atoms with Crippen molar-refractivity contribution in [2.75, 3.05) is 6.54 Å². The summed E-state index contributed by atoms with van der Waals surface area (Å²) < 4.78 is 0. The number of hydrogen-bond donors (Lipinski definition) is 2. The number of carbonyl (C=O) groups is 2. The molecule has 1 amide bonds. The van der Waals surface area contributed by atoms with Crippen molar-refractivity contribution in [2.45, 2.75) is 18.6 Å². The van der Waals surface area contributed by atoms with Gasteiger partial charge >= 0.3 is 5.97 Å². The first-order chi connectivity index (χ1) is 7.59. The summed E-state index contributed by atoms with van der Waals surface area (Å²) >= 11 is 1.27. The summed E-state index contributed by atoms with van der Waals surface area (Å²) in [5.41, 5.74) is 0. The van der Waals surface area contributed by atoms with E-state index in [2.05, 4.69) is 0 Å². The van der Waals surface area contributed by atoms with Gasteiger partial charge in [0, 0.05) is 13.0 Å². The van der Waals surface area contributed by atoms with E-state index in [-0.39, 0.29) is 18.9 Å². The molecule has 86 valence electrons. The molecule has 6 heteroatoms. The molecule has 2 atom stereocenters. The minimum atomic E-state index is -1.07. The molecule has 1 saturated heterocycles. The second-order valence-corrected chi connectivity index (χ2v) is 4.63. The first kappa shape index (κ1) is 11.1. The lowest BCUT2D eigenvalue weighted by Crippen LogP contribution is -2.40. The van der Waals surface area contributed by atoms with Gasteiger partial charge in [-0.05, 0) is 11.4 Å². The van der Waals surface area contributed by atoms with Crippen LogP contribution in [0, 0.1) is 0 Å². The van der Waals surface area contributed by atoms with Crippen LogP contribution in [0.2, 0.25) is 0 Å². The summed E-state index contributed by atoms with van der Waals surface area (Å²) in [5.74, 6) is -1.39. The lowest BCUT2D eigenvalue weighted by atomic mass is 10.2. The molecule has 0 aromatic carbocycles. The van der Waals surface area contributed by atoms with E-state index < -0.39 is 18.1 Å². The maximum Gasteiger partial charge on any atom is 0.326 e. The highest BCUT2D eigenvalue weighted by molar-refractivity contribution is 7.12. The average molecular weight is 241 g/mol. The predicted molar refractivity (Wildman–Crippen MR) is 57.4 cm³/mol. The highest BCUT2D eigenvalue weighted by Crippen LogP contribution is 2.22. The van der Waals surface area contributed by atoms with Crippen molar-refractivity contribution in [3.8, 4) is 0 Å². The first-order valence-corrected chi connectivity index (χ1v) is 5.73. The maximum atomic E-state index is 11.9. The SMILES string of the molecule is O=C(O)[C@@H]1CC(O)CN1C(=O)c1cccs1. The van der Waals surface area contributed by atoms with Gasteiger partial charge in [-0.25, -0.2) is 4.79 Å². The lowest BCUT2D eigenvalue weighted by Gasteiger charge is -2.20. The number of β-amino-alcohol motifs (C(OH)–C–C–N with tert-alkyl or cyclic N) is 1. The van der Waals surface area contributed by atoms with Crippen molar-refractivity contribution in [3.05, 3.63) is 22.4 Å². The van der Waals surface area contributed by atoms with Crippen LogP contribution >= 0.6 is 11.3 Å². The Kier molecular flexibility index (Phi) is 2.93. The van der Waals surface area contributed by atoms with Gasteiger partial charge in [-0.1, -0.05) is 6.07 Å². The summed E-state index contributed by atoms with van der Waals surface area (Å²) in [5, 5.41) is 20.1. The van der Waals surface area contributed by atoms with E-state index in [0.717, 1.165) is 0 Å². The van der Waals surface area contributed by atoms with Gasteiger partial charge in [-0.3, -0.25) is 4.79 Å². The normalized spacial score (nSPS) is 24.7. The number of carboxylic acid groups (broad SMARTS) is 1. The topological polar surface area (TPSA) is 77.8 Å². The fourth-order valence-corrected chi connectivity index (χ4v) is 2.49. The monoisotopic (exact) mass is 241 g/mol. The van der Waals surface area contributed by atoms with E-state index in [4.69, 9.17) is 5.11 Å². The van der Waals surface area contributed by atoms with E-state index >= 15 is 0 Å². The number of aliphatic hydroxyl groups is 1. The smallest absolute Gasteiger partial charge is 0.326 e. The highest BCUT2D eigenvalue weighted by atomic mass is 32.1. The quantitative estimate of drug-likeness (QED) is 0.786. The molecule has 0 radical (unpaired) electrons. The molecule has 1 aliphatic rings. The average Bonchev–Trinajstić information content (AvgIpc) is 2.84. The van der Waals surface area contributed by atoms with Crippen LogP contribution in [-0.4, -0.2) is 45.7 Å². The Morgan fingerprint density at radius 2 is 2.25 bits per heavy atom. The van der Waals surface area contributed by atoms with Gasteiger partial charge in [-0.2, -0.15) is 0 Å². The Labute approximate surface area is 95.9 Å². The molecule has 1 aliphatic heterocycles. The van der Waals surface area contributed by atoms with E-state index in [1.165, 1.54) is 16.2 Å². The lowest BCUT2D eigenvalue weighted by molar-refractivity contribution is -0.141. The number of hydrogen-bond acceptors (Lipinski definition) is 4. The van der Waals surface area contributed by atoms with E-state index in [9.17, 15) is 14.7 Å². The zero-order valence-corrected chi connectivity index (χ0v) is 9.18. The molecular formula is C10H11NO4S. The van der Waals surface area contributed by atoms with Gasteiger partial charge in [0.25, 0.3) is 5.91 Å². The van der Waals surface area contributed by atoms with E-state index in [1.807, 2.05) is 0 Å². The Morgan fingerprint density at radius 3 is 2.81 bits per heavy atom. The predicted octanol–water partition coefficient (Wildman–Crippen LogP) is 0.408. The Balaban J connectivity index is 2.20. The minimum absolute atomic E-state index is 0.0910. The molecule has 0 spiro atoms. The van der Waals surface area contributed by atoms with Crippen LogP contribution in [0.3, 0.4) is 0 Å². The molecule has 0 aliphatic carbocycles. The van der Waals surface area contributed by atoms with Gasteiger partial charge in [0.1, 0.15) is 6.04 Å². The molecule has 16 heavy (non-hydrogen) atoms. The molecular weight excluding hydrogens is 230 g/mol. The molecule has 2 N–H and O–H groups in total. The van der Waals surface area contributed by atoms with E-state index in [1.54, 1.807) is 17.5 Å². The molecule has 0 bridgehead atoms. The summed E-state index contributed by atoms with van der Waals surface area (Å²) in [6.07, 6.45) is -0.642. The zero-order valence-electron chi connectivity index (χ0n) is 8.37. The van der Waals surface area contributed by atoms with Crippen molar-refractivity contribution >= 4 is 23.2 Å². The molecule has 5 nitrogen and oxygen atoms in total. The summed E-state index contributed by atoms with van der Waals surface area (Å²) in [4.78, 5) is 24.6. The standard InChI is InChI=1S/C10H11NO4S/c12-6-4-7(10(14)15)11(5-6)9(13)8-2-1-3-16-8/h1-3,6-7,12H,4-5H2,(H,14,15)/t6?,7-/m0/s1. The molecule has 2 heterocycles. The van der Waals surface area contributed by atoms with Crippen molar-refractivity contribution in [2.24, 2.45) is 0 Å². The number of carboxylic acids is 1. The molecule has 0 saturated carbocycles. The highest BCUT2D eigenvalue weighted by Gasteiger charge is 2.39. The summed E-state index contributed by atoms with van der Waals surface area (Å²) in [7, 11) is 0. The number of thiophene rings is 1. The Hall–Kier alpha value is -1.40. The third kappa shape index (κ3) is 1.94. The van der Waals surface area contributed by atoms with Crippen LogP contribution in [0.4, 0.5) is 0 Å². The third-order valence-electron chi connectivity index (χ3n) is 2.56. The van der Waals surface area contributed by atoms with Crippen molar-refractivity contribution < 1.29 is 19.8 Å². The van der Waals surface area contributed by atoms with Crippen LogP contribution < -0.4 is 0 Å². The Morgan fingerprint density at radius 1 is 1.50 bits per heavy atom. The van der Waals surface area contributed by atoms with Crippen LogP contribution in [0.1, 0.15) is 16.1 Å². The van der Waals surface area contributed by atoms with Gasteiger partial charge < -0.3 is 15.1 Å². The zero-order chi connectivity index (χ0) is 11.7. The molecule has 1 fully saturated rings. The van der Waals surface area contributed by atoms with Crippen molar-refractivity contribution in [1.29, 1.82) is 0 Å². The van der Waals surface area contributed by atoms with E-state index in [0.29, 0.717) is 4.88 Å². The third-order valence-corrected chi connectivity index (χ3v) is 3.41. The fraction of sp³-hybridized carbons (Fsp3) is 0.400. The Bertz CT molecular complexity index is 403. The van der Waals surface area contributed by atoms with Crippen LogP contribution in [0.5, 0.6) is 0 Å². The number of aliphatic carboxylic acids is 1. The van der Waals surface area contributed by atoms with Gasteiger partial charge in [0.15, 0.2) is 0 Å². The molecule has 1 aromatic rings. The second-order valence-electron chi connectivity index (χ2n) is 3.68. The first-order valence-electron chi connectivity index (χ1n) is 4.85. The second kappa shape index (κ2) is 4.23. The summed E-state index contributed by atoms with van der Waals surface area (Å²) in [6.45, 7) is 0.0910. The van der Waals surface area contributed by atoms with Crippen molar-refractivity contribution in [3.63, 3.8) is 0 Å². The number of amides is 1. The van der Waals surface area contributed by atoms with Crippen LogP contribution in [0.15, 0.2) is 17.5 Å². The largest absolute Gasteiger partial charge is 0.480 e. The molecule has 1 unspecified atom stereocenters. The number of rotatable bonds is 2. The van der Waals surface area contributed by atoms with Gasteiger partial charge in [0.05, 0.1) is 11.0 Å². The van der Waals surface area contributed by atoms with Crippen LogP contribution in [0.25, 0.3) is 0 Å². The number of likely N-dealkylation sites (tertiary alicyclic amines) is 1. The van der Waals surface area contributed by atoms with Crippen LogP contribution in [-0.2, 0) is 4.79 Å². The van der Waals surface area contributed by atoms with Gasteiger partial charge in [-0.15, -0.1) is 11.3 Å². The van der Waals surface area contributed by atoms with Crippen molar-refractivity contribution in [1.82, 2.24) is 4.90 Å². The number of carbonyl (C=O) groups excluding carboxylic acids is 1. The minimum Gasteiger partial charge on any atom is -0.480 e. The molecule has 1 aromatic heterocycles. The number of aliphatic hydroxyl groups excluding tert-OH is 1. The van der Waals surface area contributed by atoms with Gasteiger partial charge in [0.2, 0.25) is 0 Å². The number of nitrogens with zero attached hydrogens (tertiary/aromatic N) is 1. The maximum absolute atomic E-state index is 11.9. The fourth-order valence-electron chi connectivity index (χ4n) is 1.81. The summed E-state index contributed by atoms with van der Waals surface area (Å²) in [6, 6.07) is 2.47. The molecule has 2 rings (SSSR count).